The van der Waals surface area contributed by atoms with Crippen LogP contribution < -0.4 is 0 Å². The lowest BCUT2D eigenvalue weighted by atomic mass is 9.91. The van der Waals surface area contributed by atoms with E-state index in [1.165, 1.54) is 30.3 Å². The molecule has 0 heterocycles. The summed E-state index contributed by atoms with van der Waals surface area (Å²) in [6.07, 6.45) is 0.00854. The molecule has 0 aromatic heterocycles. The molecule has 0 saturated heterocycles. The Bertz CT molecular complexity index is 644. The minimum absolute atomic E-state index is 0.00854. The molecule has 1 N–H and O–H groups in total. The Morgan fingerprint density at radius 3 is 2.40 bits per heavy atom. The molecule has 20 heavy (non-hydrogen) atoms. The van der Waals surface area contributed by atoms with Gasteiger partial charge in [0.1, 0.15) is 11.6 Å². The molecule has 0 saturated carbocycles. The SMILES string of the molecule is O=C(O)C(Cc1cccc(F)c1Br)c1ccccc1F. The number of carbonyl (C=O) groups is 1. The van der Waals surface area contributed by atoms with Crippen molar-refractivity contribution >= 4 is 21.9 Å². The molecule has 2 rings (SSSR count). The number of halogens is 3. The summed E-state index contributed by atoms with van der Waals surface area (Å²) in [5, 5.41) is 9.30. The molecule has 2 aromatic carbocycles. The highest BCUT2D eigenvalue weighted by atomic mass is 79.9. The first-order valence-electron chi connectivity index (χ1n) is 5.91. The van der Waals surface area contributed by atoms with E-state index in [0.717, 1.165) is 0 Å². The Kier molecular flexibility index (Phi) is 4.49. The van der Waals surface area contributed by atoms with Crippen molar-refractivity contribution in [3.8, 4) is 0 Å². The second kappa shape index (κ2) is 6.13. The number of aliphatic carboxylic acids is 1. The van der Waals surface area contributed by atoms with E-state index in [2.05, 4.69) is 15.9 Å². The average molecular weight is 341 g/mol. The van der Waals surface area contributed by atoms with Crippen LogP contribution in [0.5, 0.6) is 0 Å². The van der Waals surface area contributed by atoms with Gasteiger partial charge in [-0.15, -0.1) is 0 Å². The first-order chi connectivity index (χ1) is 9.50. The minimum atomic E-state index is -1.15. The van der Waals surface area contributed by atoms with Crippen LogP contribution in [0.2, 0.25) is 0 Å². The fourth-order valence-electron chi connectivity index (χ4n) is 2.01. The maximum atomic E-state index is 13.7. The van der Waals surface area contributed by atoms with Crippen molar-refractivity contribution in [1.29, 1.82) is 0 Å². The van der Waals surface area contributed by atoms with Gasteiger partial charge >= 0.3 is 5.97 Å². The van der Waals surface area contributed by atoms with E-state index in [1.807, 2.05) is 0 Å². The zero-order chi connectivity index (χ0) is 14.7. The Morgan fingerprint density at radius 1 is 1.10 bits per heavy atom. The highest BCUT2D eigenvalue weighted by Gasteiger charge is 2.24. The lowest BCUT2D eigenvalue weighted by molar-refractivity contribution is -0.138. The number of carboxylic acid groups (broad SMARTS) is 1. The van der Waals surface area contributed by atoms with Crippen molar-refractivity contribution in [2.24, 2.45) is 0 Å². The fourth-order valence-corrected chi connectivity index (χ4v) is 2.44. The molecule has 0 bridgehead atoms. The van der Waals surface area contributed by atoms with E-state index in [1.54, 1.807) is 12.1 Å². The first-order valence-corrected chi connectivity index (χ1v) is 6.70. The van der Waals surface area contributed by atoms with Gasteiger partial charge in [-0.3, -0.25) is 4.79 Å². The number of rotatable bonds is 4. The van der Waals surface area contributed by atoms with E-state index in [9.17, 15) is 18.7 Å². The Labute approximate surface area is 123 Å². The number of hydrogen-bond donors (Lipinski definition) is 1. The molecule has 0 aliphatic rings. The molecule has 0 spiro atoms. The van der Waals surface area contributed by atoms with Gasteiger partial charge in [-0.1, -0.05) is 30.3 Å². The summed E-state index contributed by atoms with van der Waals surface area (Å²) >= 11 is 3.09. The monoisotopic (exact) mass is 340 g/mol. The third kappa shape index (κ3) is 3.04. The van der Waals surface area contributed by atoms with Gasteiger partial charge in [0.05, 0.1) is 10.4 Å². The quantitative estimate of drug-likeness (QED) is 0.908. The molecule has 5 heteroatoms. The van der Waals surface area contributed by atoms with Gasteiger partial charge in [-0.05, 0) is 40.0 Å². The van der Waals surface area contributed by atoms with Gasteiger partial charge in [0.25, 0.3) is 0 Å². The highest BCUT2D eigenvalue weighted by Crippen LogP contribution is 2.28. The Balaban J connectivity index is 2.39. The van der Waals surface area contributed by atoms with Crippen LogP contribution >= 0.6 is 15.9 Å². The van der Waals surface area contributed by atoms with Gasteiger partial charge < -0.3 is 5.11 Å². The molecule has 0 amide bonds. The van der Waals surface area contributed by atoms with Crippen molar-refractivity contribution in [1.82, 2.24) is 0 Å². The Hall–Kier alpha value is -1.75. The smallest absolute Gasteiger partial charge is 0.311 e. The molecule has 2 aromatic rings. The molecular formula is C15H11BrF2O2. The van der Waals surface area contributed by atoms with Crippen LogP contribution in [0.25, 0.3) is 0 Å². The van der Waals surface area contributed by atoms with Crippen LogP contribution in [-0.4, -0.2) is 11.1 Å². The van der Waals surface area contributed by atoms with Gasteiger partial charge in [0, 0.05) is 5.56 Å². The van der Waals surface area contributed by atoms with Crippen molar-refractivity contribution in [2.75, 3.05) is 0 Å². The predicted octanol–water partition coefficient (Wildman–Crippen LogP) is 4.14. The van der Waals surface area contributed by atoms with Crippen molar-refractivity contribution < 1.29 is 18.7 Å². The van der Waals surface area contributed by atoms with Crippen LogP contribution in [0.1, 0.15) is 17.0 Å². The maximum absolute atomic E-state index is 13.7. The number of carboxylic acids is 1. The summed E-state index contributed by atoms with van der Waals surface area (Å²) in [6.45, 7) is 0. The van der Waals surface area contributed by atoms with Gasteiger partial charge in [0.15, 0.2) is 0 Å². The molecule has 0 aliphatic carbocycles. The minimum Gasteiger partial charge on any atom is -0.481 e. The molecule has 0 radical (unpaired) electrons. The summed E-state index contributed by atoms with van der Waals surface area (Å²) in [5.74, 6) is -3.26. The van der Waals surface area contributed by atoms with E-state index in [-0.39, 0.29) is 16.5 Å². The molecule has 0 fully saturated rings. The van der Waals surface area contributed by atoms with E-state index in [4.69, 9.17) is 0 Å². The van der Waals surface area contributed by atoms with Gasteiger partial charge in [0.2, 0.25) is 0 Å². The third-order valence-electron chi connectivity index (χ3n) is 3.03. The lowest BCUT2D eigenvalue weighted by Crippen LogP contribution is -2.16. The second-order valence-corrected chi connectivity index (χ2v) is 5.12. The normalized spacial score (nSPS) is 12.2. The fraction of sp³-hybridized carbons (Fsp3) is 0.133. The predicted molar refractivity (Wildman–Crippen MR) is 74.6 cm³/mol. The highest BCUT2D eigenvalue weighted by molar-refractivity contribution is 9.10. The number of benzene rings is 2. The first kappa shape index (κ1) is 14.7. The van der Waals surface area contributed by atoms with Gasteiger partial charge in [-0.2, -0.15) is 0 Å². The zero-order valence-electron chi connectivity index (χ0n) is 10.3. The second-order valence-electron chi connectivity index (χ2n) is 4.33. The van der Waals surface area contributed by atoms with Crippen LogP contribution in [0.3, 0.4) is 0 Å². The molecular weight excluding hydrogens is 330 g/mol. The van der Waals surface area contributed by atoms with Gasteiger partial charge in [-0.25, -0.2) is 8.78 Å². The molecule has 1 unspecified atom stereocenters. The summed E-state index contributed by atoms with van der Waals surface area (Å²) in [4.78, 5) is 11.4. The summed E-state index contributed by atoms with van der Waals surface area (Å²) < 4.78 is 27.4. The van der Waals surface area contributed by atoms with Crippen LogP contribution in [0.15, 0.2) is 46.9 Å². The van der Waals surface area contributed by atoms with E-state index >= 15 is 0 Å². The topological polar surface area (TPSA) is 37.3 Å². The largest absolute Gasteiger partial charge is 0.481 e. The van der Waals surface area contributed by atoms with Crippen molar-refractivity contribution in [3.05, 3.63) is 69.7 Å². The van der Waals surface area contributed by atoms with Crippen molar-refractivity contribution in [3.63, 3.8) is 0 Å². The van der Waals surface area contributed by atoms with E-state index in [0.29, 0.717) is 5.56 Å². The van der Waals surface area contributed by atoms with Crippen molar-refractivity contribution in [2.45, 2.75) is 12.3 Å². The third-order valence-corrected chi connectivity index (χ3v) is 3.92. The molecule has 104 valence electrons. The molecule has 2 nitrogen and oxygen atoms in total. The molecule has 1 atom stereocenters. The summed E-state index contributed by atoms with van der Waals surface area (Å²) in [7, 11) is 0. The Morgan fingerprint density at radius 2 is 1.75 bits per heavy atom. The molecule has 0 aliphatic heterocycles. The van der Waals surface area contributed by atoms with E-state index < -0.39 is 23.5 Å². The zero-order valence-corrected chi connectivity index (χ0v) is 11.9. The lowest BCUT2D eigenvalue weighted by Gasteiger charge is -2.15. The summed E-state index contributed by atoms with van der Waals surface area (Å²) in [6, 6.07) is 10.1. The maximum Gasteiger partial charge on any atom is 0.311 e. The van der Waals surface area contributed by atoms with Crippen LogP contribution in [0.4, 0.5) is 8.78 Å². The standard InChI is InChI=1S/C15H11BrF2O2/c16-14-9(4-3-7-13(14)18)8-11(15(19)20)10-5-1-2-6-12(10)17/h1-7,11H,8H2,(H,19,20). The number of hydrogen-bond acceptors (Lipinski definition) is 1. The summed E-state index contributed by atoms with van der Waals surface area (Å²) in [5.41, 5.74) is 0.580. The average Bonchev–Trinajstić information content (AvgIpc) is 2.41. The van der Waals surface area contributed by atoms with Crippen LogP contribution in [-0.2, 0) is 11.2 Å². The van der Waals surface area contributed by atoms with Crippen LogP contribution in [0, 0.1) is 11.6 Å².